The standard InChI is InChI=1S/C11H9NO2/c1-14-11-5-4-10(8-12)9(7-11)3-2-6-13/h2-7H,1H3. The molecule has 0 spiro atoms. The van der Waals surface area contributed by atoms with E-state index in [2.05, 4.69) is 0 Å². The van der Waals surface area contributed by atoms with Gasteiger partial charge in [0.1, 0.15) is 12.0 Å². The number of ether oxygens (including phenoxy) is 1. The molecular weight excluding hydrogens is 178 g/mol. The first-order valence-corrected chi connectivity index (χ1v) is 4.02. The first kappa shape index (κ1) is 10.0. The van der Waals surface area contributed by atoms with E-state index >= 15 is 0 Å². The number of hydrogen-bond donors (Lipinski definition) is 0. The molecule has 0 N–H and O–H groups in total. The van der Waals surface area contributed by atoms with Gasteiger partial charge in [-0.3, -0.25) is 4.79 Å². The zero-order chi connectivity index (χ0) is 10.4. The molecule has 0 aliphatic heterocycles. The topological polar surface area (TPSA) is 50.1 Å². The van der Waals surface area contributed by atoms with Crippen LogP contribution >= 0.6 is 0 Å². The molecule has 0 amide bonds. The number of aldehydes is 1. The molecule has 0 fully saturated rings. The molecule has 0 aliphatic carbocycles. The lowest BCUT2D eigenvalue weighted by atomic mass is 10.1. The van der Waals surface area contributed by atoms with E-state index in [0.717, 1.165) is 0 Å². The molecular formula is C11H9NO2. The first-order chi connectivity index (χ1) is 6.81. The van der Waals surface area contributed by atoms with Crippen molar-refractivity contribution in [1.82, 2.24) is 0 Å². The van der Waals surface area contributed by atoms with Crippen LogP contribution in [0.25, 0.3) is 6.08 Å². The van der Waals surface area contributed by atoms with Gasteiger partial charge in [0.15, 0.2) is 0 Å². The highest BCUT2D eigenvalue weighted by Gasteiger charge is 1.99. The minimum atomic E-state index is 0.518. The van der Waals surface area contributed by atoms with Gasteiger partial charge in [0.05, 0.1) is 18.7 Å². The molecule has 3 nitrogen and oxygen atoms in total. The fourth-order valence-corrected chi connectivity index (χ4v) is 1.05. The minimum Gasteiger partial charge on any atom is -0.497 e. The van der Waals surface area contributed by atoms with Crippen LogP contribution in [0.1, 0.15) is 11.1 Å². The highest BCUT2D eigenvalue weighted by Crippen LogP contribution is 2.18. The maximum atomic E-state index is 10.1. The van der Waals surface area contributed by atoms with E-state index in [1.807, 2.05) is 6.07 Å². The highest BCUT2D eigenvalue weighted by molar-refractivity contribution is 5.75. The van der Waals surface area contributed by atoms with Gasteiger partial charge in [-0.25, -0.2) is 0 Å². The molecule has 0 bridgehead atoms. The number of methoxy groups -OCH3 is 1. The third-order valence-corrected chi connectivity index (χ3v) is 1.73. The van der Waals surface area contributed by atoms with Gasteiger partial charge in [0.2, 0.25) is 0 Å². The Morgan fingerprint density at radius 1 is 1.50 bits per heavy atom. The Kier molecular flexibility index (Phi) is 3.45. The van der Waals surface area contributed by atoms with Gasteiger partial charge in [-0.05, 0) is 29.8 Å². The summed E-state index contributed by atoms with van der Waals surface area (Å²) in [5.74, 6) is 0.662. The van der Waals surface area contributed by atoms with Crippen molar-refractivity contribution in [1.29, 1.82) is 5.26 Å². The Morgan fingerprint density at radius 2 is 2.29 bits per heavy atom. The van der Waals surface area contributed by atoms with E-state index in [-0.39, 0.29) is 0 Å². The molecule has 0 atom stereocenters. The van der Waals surface area contributed by atoms with Crippen LogP contribution in [0.15, 0.2) is 24.3 Å². The normalized spacial score (nSPS) is 9.71. The average molecular weight is 187 g/mol. The summed E-state index contributed by atoms with van der Waals surface area (Å²) in [6, 6.07) is 7.10. The van der Waals surface area contributed by atoms with E-state index in [4.69, 9.17) is 10.00 Å². The Balaban J connectivity index is 3.16. The van der Waals surface area contributed by atoms with E-state index in [0.29, 0.717) is 23.2 Å². The predicted octanol–water partition coefficient (Wildman–Crippen LogP) is 1.78. The molecule has 0 saturated carbocycles. The summed E-state index contributed by atoms with van der Waals surface area (Å²) in [5.41, 5.74) is 1.20. The van der Waals surface area contributed by atoms with Gasteiger partial charge in [0.25, 0.3) is 0 Å². The van der Waals surface area contributed by atoms with Crippen LogP contribution in [-0.4, -0.2) is 13.4 Å². The van der Waals surface area contributed by atoms with Crippen molar-refractivity contribution in [2.45, 2.75) is 0 Å². The molecule has 0 unspecified atom stereocenters. The summed E-state index contributed by atoms with van der Waals surface area (Å²) in [7, 11) is 1.55. The second-order valence-electron chi connectivity index (χ2n) is 2.56. The van der Waals surface area contributed by atoms with Crippen molar-refractivity contribution in [2.75, 3.05) is 7.11 Å². The summed E-state index contributed by atoms with van der Waals surface area (Å²) in [6.07, 6.45) is 3.59. The van der Waals surface area contributed by atoms with Crippen molar-refractivity contribution in [2.24, 2.45) is 0 Å². The number of nitriles is 1. The van der Waals surface area contributed by atoms with Crippen LogP contribution < -0.4 is 4.74 Å². The second-order valence-corrected chi connectivity index (χ2v) is 2.56. The van der Waals surface area contributed by atoms with E-state index in [1.165, 1.54) is 6.08 Å². The van der Waals surface area contributed by atoms with E-state index in [1.54, 1.807) is 31.4 Å². The van der Waals surface area contributed by atoms with Gasteiger partial charge in [-0.15, -0.1) is 0 Å². The van der Waals surface area contributed by atoms with Crippen molar-refractivity contribution in [3.8, 4) is 11.8 Å². The minimum absolute atomic E-state index is 0.518. The smallest absolute Gasteiger partial charge is 0.142 e. The van der Waals surface area contributed by atoms with Crippen LogP contribution in [0.4, 0.5) is 0 Å². The van der Waals surface area contributed by atoms with Crippen LogP contribution in [0.5, 0.6) is 5.75 Å². The largest absolute Gasteiger partial charge is 0.497 e. The highest BCUT2D eigenvalue weighted by atomic mass is 16.5. The molecule has 3 heteroatoms. The van der Waals surface area contributed by atoms with Crippen LogP contribution in [0.3, 0.4) is 0 Å². The van der Waals surface area contributed by atoms with Crippen LogP contribution in [0, 0.1) is 11.3 Å². The zero-order valence-electron chi connectivity index (χ0n) is 7.73. The third kappa shape index (κ3) is 2.20. The van der Waals surface area contributed by atoms with Crippen molar-refractivity contribution >= 4 is 12.4 Å². The van der Waals surface area contributed by atoms with Crippen molar-refractivity contribution in [3.05, 3.63) is 35.4 Å². The van der Waals surface area contributed by atoms with Gasteiger partial charge in [-0.2, -0.15) is 5.26 Å². The van der Waals surface area contributed by atoms with Gasteiger partial charge >= 0.3 is 0 Å². The Bertz CT molecular complexity index is 402. The number of carbonyl (C=O) groups is 1. The maximum absolute atomic E-state index is 10.1. The monoisotopic (exact) mass is 187 g/mol. The second kappa shape index (κ2) is 4.83. The fourth-order valence-electron chi connectivity index (χ4n) is 1.05. The predicted molar refractivity (Wildman–Crippen MR) is 52.8 cm³/mol. The third-order valence-electron chi connectivity index (χ3n) is 1.73. The summed E-state index contributed by atoms with van der Waals surface area (Å²) in [5, 5.41) is 8.77. The van der Waals surface area contributed by atoms with Crippen molar-refractivity contribution in [3.63, 3.8) is 0 Å². The average Bonchev–Trinajstić information content (AvgIpc) is 2.25. The Morgan fingerprint density at radius 3 is 2.86 bits per heavy atom. The molecule has 0 saturated heterocycles. The maximum Gasteiger partial charge on any atom is 0.142 e. The van der Waals surface area contributed by atoms with Crippen LogP contribution in [0.2, 0.25) is 0 Å². The fraction of sp³-hybridized carbons (Fsp3) is 0.0909. The van der Waals surface area contributed by atoms with Crippen LogP contribution in [-0.2, 0) is 4.79 Å². The molecule has 1 aromatic carbocycles. The lowest BCUT2D eigenvalue weighted by molar-refractivity contribution is -0.104. The lowest BCUT2D eigenvalue weighted by Crippen LogP contribution is -1.86. The van der Waals surface area contributed by atoms with E-state index in [9.17, 15) is 4.79 Å². The molecule has 14 heavy (non-hydrogen) atoms. The Labute approximate surface area is 82.2 Å². The summed E-state index contributed by atoms with van der Waals surface area (Å²) >= 11 is 0. The summed E-state index contributed by atoms with van der Waals surface area (Å²) in [6.45, 7) is 0. The van der Waals surface area contributed by atoms with Gasteiger partial charge < -0.3 is 4.74 Å². The molecule has 0 aromatic heterocycles. The number of rotatable bonds is 3. The number of benzene rings is 1. The van der Waals surface area contributed by atoms with Gasteiger partial charge in [-0.1, -0.05) is 6.08 Å². The number of carbonyl (C=O) groups excluding carboxylic acids is 1. The molecule has 0 radical (unpaired) electrons. The first-order valence-electron chi connectivity index (χ1n) is 4.02. The van der Waals surface area contributed by atoms with Gasteiger partial charge in [0, 0.05) is 0 Å². The lowest BCUT2D eigenvalue weighted by Gasteiger charge is -2.01. The molecule has 70 valence electrons. The quantitative estimate of drug-likeness (QED) is 0.535. The SMILES string of the molecule is COc1ccc(C#N)c(C=CC=O)c1. The summed E-state index contributed by atoms with van der Waals surface area (Å²) < 4.78 is 5.00. The summed E-state index contributed by atoms with van der Waals surface area (Å²) in [4.78, 5) is 10.1. The van der Waals surface area contributed by atoms with E-state index < -0.39 is 0 Å². The number of hydrogen-bond acceptors (Lipinski definition) is 3. The van der Waals surface area contributed by atoms with Crippen molar-refractivity contribution < 1.29 is 9.53 Å². The molecule has 1 rings (SSSR count). The number of allylic oxidation sites excluding steroid dienone is 1. The molecule has 1 aromatic rings. The Hall–Kier alpha value is -2.08. The molecule has 0 aliphatic rings. The number of nitrogens with zero attached hydrogens (tertiary/aromatic N) is 1. The zero-order valence-corrected chi connectivity index (χ0v) is 7.73. The molecule has 0 heterocycles.